The Kier molecular flexibility index (Phi) is 6.16. The smallest absolute Gasteiger partial charge is 0.321 e. The van der Waals surface area contributed by atoms with E-state index < -0.39 is 12.1 Å². The van der Waals surface area contributed by atoms with E-state index in [9.17, 15) is 9.59 Å². The molecule has 3 aromatic rings. The third-order valence-electron chi connectivity index (χ3n) is 4.30. The van der Waals surface area contributed by atoms with E-state index in [1.165, 1.54) is 0 Å². The van der Waals surface area contributed by atoms with Crippen molar-refractivity contribution in [3.63, 3.8) is 0 Å². The highest BCUT2D eigenvalue weighted by Crippen LogP contribution is 2.22. The van der Waals surface area contributed by atoms with Gasteiger partial charge in [0.25, 0.3) is 0 Å². The maximum Gasteiger partial charge on any atom is 0.321 e. The Morgan fingerprint density at radius 3 is 2.56 bits per heavy atom. The topological polar surface area (TPSA) is 74.3 Å². The molecule has 0 saturated heterocycles. The van der Waals surface area contributed by atoms with Crippen molar-refractivity contribution >= 4 is 33.5 Å². The van der Waals surface area contributed by atoms with Gasteiger partial charge in [0, 0.05) is 6.54 Å². The first-order chi connectivity index (χ1) is 13.0. The summed E-state index contributed by atoms with van der Waals surface area (Å²) in [6, 6.07) is 16.5. The Balaban J connectivity index is 1.50. The zero-order valence-corrected chi connectivity index (χ0v) is 16.1. The first kappa shape index (κ1) is 19.0. The number of nitrogens with one attached hydrogen (secondary N) is 2. The fourth-order valence-electron chi connectivity index (χ4n) is 2.58. The second kappa shape index (κ2) is 8.75. The number of thiazole rings is 1. The number of likely N-dealkylation sites (N-methyl/N-ethyl adjacent to an activating group) is 1. The fraction of sp³-hybridized carbons (Fsp3) is 0.250. The molecule has 0 saturated carbocycles. The number of rotatable bonds is 6. The fourth-order valence-corrected chi connectivity index (χ4v) is 3.61. The molecule has 0 aliphatic rings. The van der Waals surface area contributed by atoms with Crippen molar-refractivity contribution in [3.05, 3.63) is 65.2 Å². The molecule has 6 nitrogen and oxygen atoms in total. The lowest BCUT2D eigenvalue weighted by Gasteiger charge is -2.22. The molecule has 0 unspecified atom stereocenters. The molecule has 7 heteroatoms. The number of aromatic nitrogens is 1. The average molecular weight is 382 g/mol. The summed E-state index contributed by atoms with van der Waals surface area (Å²) < 4.78 is 1.12. The molecular weight excluding hydrogens is 360 g/mol. The third-order valence-corrected chi connectivity index (χ3v) is 5.32. The predicted molar refractivity (Wildman–Crippen MR) is 107 cm³/mol. The lowest BCUT2D eigenvalue weighted by Crippen LogP contribution is -2.48. The molecule has 140 valence electrons. The second-order valence-electron chi connectivity index (χ2n) is 6.32. The van der Waals surface area contributed by atoms with Crippen LogP contribution in [0.25, 0.3) is 10.2 Å². The van der Waals surface area contributed by atoms with Crippen LogP contribution in [0.2, 0.25) is 0 Å². The zero-order chi connectivity index (χ0) is 19.2. The molecule has 3 rings (SSSR count). The number of para-hydroxylation sites is 1. The molecule has 27 heavy (non-hydrogen) atoms. The van der Waals surface area contributed by atoms with E-state index in [0.29, 0.717) is 13.1 Å². The number of carbonyl (C=O) groups is 2. The molecule has 0 spiro atoms. The van der Waals surface area contributed by atoms with Crippen molar-refractivity contribution in [1.82, 2.24) is 20.5 Å². The molecule has 1 atom stereocenters. The van der Waals surface area contributed by atoms with Crippen LogP contribution in [0.4, 0.5) is 4.79 Å². The molecule has 0 bridgehead atoms. The maximum absolute atomic E-state index is 12.3. The number of fused-ring (bicyclic) bond motifs is 1. The van der Waals surface area contributed by atoms with Crippen molar-refractivity contribution in [1.29, 1.82) is 0 Å². The SMILES string of the molecule is C[C@@H](C(=O)NC(=O)NCc1ccccc1)N(C)Cc1nc2ccccc2s1. The Morgan fingerprint density at radius 2 is 1.81 bits per heavy atom. The normalized spacial score (nSPS) is 12.1. The van der Waals surface area contributed by atoms with Crippen LogP contribution in [0.1, 0.15) is 17.5 Å². The predicted octanol–water partition coefficient (Wildman–Crippen LogP) is 3.14. The Morgan fingerprint density at radius 1 is 1.11 bits per heavy atom. The molecule has 1 heterocycles. The summed E-state index contributed by atoms with van der Waals surface area (Å²) >= 11 is 1.61. The van der Waals surface area contributed by atoms with Crippen LogP contribution >= 0.6 is 11.3 Å². The molecule has 1 aromatic heterocycles. The first-order valence-corrected chi connectivity index (χ1v) is 9.52. The van der Waals surface area contributed by atoms with Gasteiger partial charge >= 0.3 is 6.03 Å². The Hall–Kier alpha value is -2.77. The van der Waals surface area contributed by atoms with E-state index in [4.69, 9.17) is 0 Å². The number of urea groups is 1. The van der Waals surface area contributed by atoms with Crippen LogP contribution in [0.3, 0.4) is 0 Å². The minimum atomic E-state index is -0.496. The van der Waals surface area contributed by atoms with Crippen LogP contribution in [0.15, 0.2) is 54.6 Å². The quantitative estimate of drug-likeness (QED) is 0.687. The third kappa shape index (κ3) is 5.12. The van der Waals surface area contributed by atoms with Gasteiger partial charge in [0.1, 0.15) is 5.01 Å². The van der Waals surface area contributed by atoms with Crippen LogP contribution in [0.5, 0.6) is 0 Å². The highest BCUT2D eigenvalue weighted by Gasteiger charge is 2.21. The van der Waals surface area contributed by atoms with E-state index in [2.05, 4.69) is 15.6 Å². The second-order valence-corrected chi connectivity index (χ2v) is 7.44. The van der Waals surface area contributed by atoms with Gasteiger partial charge in [-0.3, -0.25) is 15.0 Å². The largest absolute Gasteiger partial charge is 0.334 e. The lowest BCUT2D eigenvalue weighted by molar-refractivity contribution is -0.124. The molecule has 3 amide bonds. The van der Waals surface area contributed by atoms with E-state index in [-0.39, 0.29) is 5.91 Å². The van der Waals surface area contributed by atoms with Gasteiger partial charge in [-0.1, -0.05) is 42.5 Å². The number of benzene rings is 2. The van der Waals surface area contributed by atoms with Gasteiger partial charge in [-0.15, -0.1) is 11.3 Å². The number of imide groups is 1. The summed E-state index contributed by atoms with van der Waals surface area (Å²) in [4.78, 5) is 30.8. The van der Waals surface area contributed by atoms with Gasteiger partial charge in [-0.25, -0.2) is 9.78 Å². The minimum Gasteiger partial charge on any atom is -0.334 e. The summed E-state index contributed by atoms with van der Waals surface area (Å²) in [5.74, 6) is -0.343. The van der Waals surface area contributed by atoms with Crippen molar-refractivity contribution in [2.45, 2.75) is 26.1 Å². The zero-order valence-electron chi connectivity index (χ0n) is 15.3. The van der Waals surface area contributed by atoms with E-state index in [0.717, 1.165) is 20.8 Å². The molecule has 0 aliphatic heterocycles. The highest BCUT2D eigenvalue weighted by atomic mass is 32.1. The van der Waals surface area contributed by atoms with Crippen LogP contribution < -0.4 is 10.6 Å². The van der Waals surface area contributed by atoms with Crippen molar-refractivity contribution in [2.24, 2.45) is 0 Å². The van der Waals surface area contributed by atoms with Crippen molar-refractivity contribution in [2.75, 3.05) is 7.05 Å². The maximum atomic E-state index is 12.3. The lowest BCUT2D eigenvalue weighted by atomic mass is 10.2. The number of nitrogens with zero attached hydrogens (tertiary/aromatic N) is 2. The molecule has 2 aromatic carbocycles. The summed E-state index contributed by atoms with van der Waals surface area (Å²) in [5.41, 5.74) is 1.93. The van der Waals surface area contributed by atoms with E-state index >= 15 is 0 Å². The van der Waals surface area contributed by atoms with E-state index in [1.807, 2.05) is 66.5 Å². The number of hydrogen-bond donors (Lipinski definition) is 2. The molecule has 0 aliphatic carbocycles. The van der Waals surface area contributed by atoms with Gasteiger partial charge in [0.05, 0.1) is 22.8 Å². The van der Waals surface area contributed by atoms with Gasteiger partial charge in [0.2, 0.25) is 5.91 Å². The molecule has 0 fully saturated rings. The van der Waals surface area contributed by atoms with Crippen LogP contribution in [-0.4, -0.2) is 34.9 Å². The van der Waals surface area contributed by atoms with E-state index in [1.54, 1.807) is 18.3 Å². The highest BCUT2D eigenvalue weighted by molar-refractivity contribution is 7.18. The number of hydrogen-bond acceptors (Lipinski definition) is 5. The average Bonchev–Trinajstić information content (AvgIpc) is 3.08. The Bertz CT molecular complexity index is 893. The summed E-state index contributed by atoms with van der Waals surface area (Å²) in [5, 5.41) is 6.02. The number of carbonyl (C=O) groups excluding carboxylic acids is 2. The van der Waals surface area contributed by atoms with Gasteiger partial charge in [-0.05, 0) is 31.7 Å². The summed E-state index contributed by atoms with van der Waals surface area (Å²) in [7, 11) is 1.85. The first-order valence-electron chi connectivity index (χ1n) is 8.70. The molecular formula is C20H22N4O2S. The molecule has 2 N–H and O–H groups in total. The summed E-state index contributed by atoms with van der Waals surface area (Å²) in [6.45, 7) is 2.68. The summed E-state index contributed by atoms with van der Waals surface area (Å²) in [6.07, 6.45) is 0. The van der Waals surface area contributed by atoms with Crippen LogP contribution in [-0.2, 0) is 17.9 Å². The molecule has 0 radical (unpaired) electrons. The van der Waals surface area contributed by atoms with Gasteiger partial charge in [-0.2, -0.15) is 0 Å². The minimum absolute atomic E-state index is 0.343. The van der Waals surface area contributed by atoms with Crippen molar-refractivity contribution < 1.29 is 9.59 Å². The standard InChI is InChI=1S/C20H22N4O2S/c1-14(19(25)23-20(26)21-12-15-8-4-3-5-9-15)24(2)13-18-22-16-10-6-7-11-17(16)27-18/h3-11,14H,12-13H2,1-2H3,(H2,21,23,25,26)/t14-/m0/s1. The van der Waals surface area contributed by atoms with Crippen LogP contribution in [0, 0.1) is 0 Å². The van der Waals surface area contributed by atoms with Gasteiger partial charge in [0.15, 0.2) is 0 Å². The number of amides is 3. The Labute approximate surface area is 162 Å². The van der Waals surface area contributed by atoms with Crippen molar-refractivity contribution in [3.8, 4) is 0 Å². The van der Waals surface area contributed by atoms with Gasteiger partial charge < -0.3 is 5.32 Å². The monoisotopic (exact) mass is 382 g/mol.